The molecule has 1 fully saturated rings. The minimum atomic E-state index is -3.03. The van der Waals surface area contributed by atoms with Crippen LogP contribution in [0.1, 0.15) is 41.4 Å². The smallest absolute Gasteiger partial charge is 0.263 e. The first-order chi connectivity index (χ1) is 10.2. The second-order valence-electron chi connectivity index (χ2n) is 6.28. The fourth-order valence-corrected chi connectivity index (χ4v) is 4.92. The summed E-state index contributed by atoms with van der Waals surface area (Å²) in [7, 11) is -3.03. The molecule has 124 valence electrons. The molecule has 1 saturated heterocycles. The summed E-state index contributed by atoms with van der Waals surface area (Å²) in [6.07, 6.45) is 2.71. The van der Waals surface area contributed by atoms with Crippen LogP contribution < -0.4 is 5.32 Å². The van der Waals surface area contributed by atoms with E-state index in [0.29, 0.717) is 10.8 Å². The number of sulfone groups is 1. The van der Waals surface area contributed by atoms with Gasteiger partial charge >= 0.3 is 0 Å². The number of thiazole rings is 1. The van der Waals surface area contributed by atoms with Gasteiger partial charge in [0.25, 0.3) is 5.91 Å². The largest absolute Gasteiger partial charge is 0.388 e. The maximum atomic E-state index is 12.1. The molecule has 1 aliphatic rings. The minimum Gasteiger partial charge on any atom is -0.388 e. The van der Waals surface area contributed by atoms with Gasteiger partial charge in [-0.15, -0.1) is 11.3 Å². The number of amides is 1. The number of aliphatic hydroxyl groups is 1. The summed E-state index contributed by atoms with van der Waals surface area (Å²) in [5.74, 6) is 0.151. The number of nitrogens with zero attached hydrogens (tertiary/aromatic N) is 1. The first-order valence-electron chi connectivity index (χ1n) is 7.35. The highest BCUT2D eigenvalue weighted by atomic mass is 32.2. The Morgan fingerprint density at radius 1 is 1.45 bits per heavy atom. The van der Waals surface area contributed by atoms with Crippen molar-refractivity contribution in [3.8, 4) is 0 Å². The number of hydrogen-bond acceptors (Lipinski definition) is 6. The zero-order valence-corrected chi connectivity index (χ0v) is 14.5. The van der Waals surface area contributed by atoms with E-state index in [1.54, 1.807) is 6.20 Å². The van der Waals surface area contributed by atoms with Crippen LogP contribution in [0.4, 0.5) is 0 Å². The van der Waals surface area contributed by atoms with Crippen LogP contribution in [0.2, 0.25) is 0 Å². The first-order valence-corrected chi connectivity index (χ1v) is 9.99. The molecule has 0 radical (unpaired) electrons. The van der Waals surface area contributed by atoms with Gasteiger partial charge in [0, 0.05) is 13.0 Å². The van der Waals surface area contributed by atoms with E-state index < -0.39 is 15.4 Å². The Balaban J connectivity index is 1.88. The first kappa shape index (κ1) is 17.4. The van der Waals surface area contributed by atoms with Crippen molar-refractivity contribution >= 4 is 27.1 Å². The molecule has 1 aromatic rings. The lowest BCUT2D eigenvalue weighted by atomic mass is 9.97. The average molecular weight is 346 g/mol. The normalized spacial score (nSPS) is 20.0. The molecule has 2 heterocycles. The molecule has 8 heteroatoms. The van der Waals surface area contributed by atoms with Crippen LogP contribution >= 0.6 is 11.3 Å². The van der Waals surface area contributed by atoms with E-state index in [0.717, 1.165) is 11.4 Å². The van der Waals surface area contributed by atoms with Crippen molar-refractivity contribution in [2.45, 2.75) is 38.7 Å². The molecular formula is C14H22N2O4S2. The topological polar surface area (TPSA) is 96.4 Å². The maximum Gasteiger partial charge on any atom is 0.263 e. The number of hydrogen-bond donors (Lipinski definition) is 2. The molecule has 0 atom stereocenters. The molecule has 0 saturated carbocycles. The highest BCUT2D eigenvalue weighted by molar-refractivity contribution is 7.91. The third-order valence-electron chi connectivity index (χ3n) is 3.70. The minimum absolute atomic E-state index is 0.0293. The van der Waals surface area contributed by atoms with E-state index in [1.165, 1.54) is 11.3 Å². The predicted octanol–water partition coefficient (Wildman–Crippen LogP) is 1.01. The Bertz CT molecular complexity index is 623. The van der Waals surface area contributed by atoms with E-state index in [1.807, 2.05) is 0 Å². The molecule has 2 rings (SSSR count). The molecule has 0 bridgehead atoms. The zero-order valence-electron chi connectivity index (χ0n) is 12.8. The lowest BCUT2D eigenvalue weighted by molar-refractivity contribution is 0.0297. The Morgan fingerprint density at radius 2 is 2.09 bits per heavy atom. The number of aromatic nitrogens is 1. The Morgan fingerprint density at radius 3 is 2.68 bits per heavy atom. The summed E-state index contributed by atoms with van der Waals surface area (Å²) in [6.45, 7) is 4.25. The number of carbonyl (C=O) groups excluding carboxylic acids is 1. The molecule has 22 heavy (non-hydrogen) atoms. The van der Waals surface area contributed by atoms with Crippen LogP contribution in [0.5, 0.6) is 0 Å². The Kier molecular flexibility index (Phi) is 5.24. The predicted molar refractivity (Wildman–Crippen MR) is 85.8 cm³/mol. The third kappa shape index (κ3) is 4.76. The van der Waals surface area contributed by atoms with Crippen LogP contribution in [-0.2, 0) is 16.3 Å². The second kappa shape index (κ2) is 6.64. The Hall–Kier alpha value is -0.990. The van der Waals surface area contributed by atoms with Crippen molar-refractivity contribution in [2.75, 3.05) is 18.1 Å². The molecule has 0 spiro atoms. The van der Waals surface area contributed by atoms with E-state index in [2.05, 4.69) is 24.1 Å². The van der Waals surface area contributed by atoms with Gasteiger partial charge in [-0.1, -0.05) is 13.8 Å². The van der Waals surface area contributed by atoms with Crippen LogP contribution in [0.25, 0.3) is 0 Å². The van der Waals surface area contributed by atoms with Gasteiger partial charge < -0.3 is 10.4 Å². The maximum absolute atomic E-state index is 12.1. The van der Waals surface area contributed by atoms with Gasteiger partial charge in [0.05, 0.1) is 28.3 Å². The molecular weight excluding hydrogens is 324 g/mol. The van der Waals surface area contributed by atoms with Gasteiger partial charge in [-0.05, 0) is 18.8 Å². The number of rotatable bonds is 5. The van der Waals surface area contributed by atoms with Gasteiger partial charge in [-0.3, -0.25) is 4.79 Å². The molecule has 1 aromatic heterocycles. The van der Waals surface area contributed by atoms with Gasteiger partial charge in [0.1, 0.15) is 4.88 Å². The SMILES string of the molecule is CC(C)Cc1ncc(C(=O)NCC2(O)CCS(=O)(=O)CC2)s1. The molecule has 0 aliphatic carbocycles. The molecule has 1 aliphatic heterocycles. The van der Waals surface area contributed by atoms with Crippen molar-refractivity contribution in [3.63, 3.8) is 0 Å². The summed E-state index contributed by atoms with van der Waals surface area (Å²) in [4.78, 5) is 16.8. The lowest BCUT2D eigenvalue weighted by Crippen LogP contribution is -2.48. The third-order valence-corrected chi connectivity index (χ3v) is 6.37. The van der Waals surface area contributed by atoms with E-state index in [-0.39, 0.29) is 36.8 Å². The molecule has 0 aromatic carbocycles. The zero-order chi connectivity index (χ0) is 16.4. The number of nitrogens with one attached hydrogen (secondary N) is 1. The van der Waals surface area contributed by atoms with Crippen LogP contribution in [0.3, 0.4) is 0 Å². The summed E-state index contributed by atoms with van der Waals surface area (Å²) in [5.41, 5.74) is -1.13. The van der Waals surface area contributed by atoms with Crippen molar-refractivity contribution < 1.29 is 18.3 Å². The van der Waals surface area contributed by atoms with Crippen molar-refractivity contribution in [1.82, 2.24) is 10.3 Å². The highest BCUT2D eigenvalue weighted by Crippen LogP contribution is 2.23. The fourth-order valence-electron chi connectivity index (χ4n) is 2.29. The monoisotopic (exact) mass is 346 g/mol. The van der Waals surface area contributed by atoms with Gasteiger partial charge in [-0.2, -0.15) is 0 Å². The van der Waals surface area contributed by atoms with Crippen molar-refractivity contribution in [3.05, 3.63) is 16.1 Å². The van der Waals surface area contributed by atoms with Gasteiger partial charge in [-0.25, -0.2) is 13.4 Å². The van der Waals surface area contributed by atoms with E-state index >= 15 is 0 Å². The second-order valence-corrected chi connectivity index (χ2v) is 9.69. The van der Waals surface area contributed by atoms with Gasteiger partial charge in [0.2, 0.25) is 0 Å². The number of carbonyl (C=O) groups is 1. The van der Waals surface area contributed by atoms with Crippen LogP contribution in [0, 0.1) is 5.92 Å². The summed E-state index contributed by atoms with van der Waals surface area (Å²) >= 11 is 1.35. The van der Waals surface area contributed by atoms with Crippen LogP contribution in [0.15, 0.2) is 6.20 Å². The van der Waals surface area contributed by atoms with E-state index in [4.69, 9.17) is 0 Å². The Labute approximate surface area is 134 Å². The summed E-state index contributed by atoms with van der Waals surface area (Å²) < 4.78 is 22.8. The molecule has 0 unspecified atom stereocenters. The average Bonchev–Trinajstić information content (AvgIpc) is 2.88. The molecule has 1 amide bonds. The van der Waals surface area contributed by atoms with Crippen LogP contribution in [-0.4, -0.2) is 48.1 Å². The quantitative estimate of drug-likeness (QED) is 0.829. The summed E-state index contributed by atoms with van der Waals surface area (Å²) in [5, 5.41) is 13.9. The van der Waals surface area contributed by atoms with Crippen molar-refractivity contribution in [1.29, 1.82) is 0 Å². The fraction of sp³-hybridized carbons (Fsp3) is 0.714. The van der Waals surface area contributed by atoms with Crippen molar-refractivity contribution in [2.24, 2.45) is 5.92 Å². The van der Waals surface area contributed by atoms with E-state index in [9.17, 15) is 18.3 Å². The van der Waals surface area contributed by atoms with Gasteiger partial charge in [0.15, 0.2) is 9.84 Å². The standard InChI is InChI=1S/C14H22N2O4S2/c1-10(2)7-12-15-8-11(21-12)13(17)16-9-14(18)3-5-22(19,20)6-4-14/h8,10,18H,3-7,9H2,1-2H3,(H,16,17). The lowest BCUT2D eigenvalue weighted by Gasteiger charge is -2.31. The molecule has 2 N–H and O–H groups in total. The molecule has 6 nitrogen and oxygen atoms in total. The highest BCUT2D eigenvalue weighted by Gasteiger charge is 2.35. The summed E-state index contributed by atoms with van der Waals surface area (Å²) in [6, 6.07) is 0.